The molecule has 1 heterocycles. The first-order chi connectivity index (χ1) is 21.1. The Hall–Kier alpha value is -4.35. The monoisotopic (exact) mass is 628 g/mol. The Morgan fingerprint density at radius 3 is 2.65 bits per heavy atom. The molecule has 1 aliphatic carbocycles. The van der Waals surface area contributed by atoms with Crippen LogP contribution in [0.5, 0.6) is 11.5 Å². The molecule has 0 radical (unpaired) electrons. The highest BCUT2D eigenvalue weighted by molar-refractivity contribution is 9.10. The number of fused-ring (bicyclic) bond motifs is 4. The summed E-state index contributed by atoms with van der Waals surface area (Å²) in [5, 5.41) is 6.22. The van der Waals surface area contributed by atoms with Gasteiger partial charge in [0.15, 0.2) is 11.5 Å². The molecule has 43 heavy (non-hydrogen) atoms. The van der Waals surface area contributed by atoms with E-state index in [0.29, 0.717) is 29.9 Å². The van der Waals surface area contributed by atoms with Crippen molar-refractivity contribution >= 4 is 44.3 Å². The maximum atomic E-state index is 6.27. The molecule has 5 heteroatoms. The van der Waals surface area contributed by atoms with Gasteiger partial charge in [-0.25, -0.2) is 0 Å². The topological polar surface area (TPSA) is 42.8 Å². The van der Waals surface area contributed by atoms with E-state index in [4.69, 9.17) is 14.5 Å². The van der Waals surface area contributed by atoms with Gasteiger partial charge in [-0.3, -0.25) is 4.99 Å². The van der Waals surface area contributed by atoms with E-state index >= 15 is 0 Å². The molecule has 0 bridgehead atoms. The minimum absolute atomic E-state index is 0.273. The maximum Gasteiger partial charge on any atom is 0.175 e. The summed E-state index contributed by atoms with van der Waals surface area (Å²) in [6.45, 7) is 2.61. The van der Waals surface area contributed by atoms with Crippen LogP contribution in [0.3, 0.4) is 0 Å². The third-order valence-corrected chi connectivity index (χ3v) is 9.23. The highest BCUT2D eigenvalue weighted by atomic mass is 79.9. The van der Waals surface area contributed by atoms with Crippen LogP contribution < -0.4 is 14.8 Å². The second-order valence-electron chi connectivity index (χ2n) is 11.4. The van der Waals surface area contributed by atoms with Crippen molar-refractivity contribution in [2.24, 2.45) is 10.9 Å². The molecule has 3 atom stereocenters. The summed E-state index contributed by atoms with van der Waals surface area (Å²) in [6.07, 6.45) is 7.69. The van der Waals surface area contributed by atoms with E-state index in [0.717, 1.165) is 27.7 Å². The molecule has 2 aliphatic rings. The number of benzene rings is 5. The summed E-state index contributed by atoms with van der Waals surface area (Å²) < 4.78 is 12.8. The summed E-state index contributed by atoms with van der Waals surface area (Å²) in [4.78, 5) is 4.77. The number of nitrogens with one attached hydrogen (secondary N) is 1. The number of nitrogens with zero attached hydrogens (tertiary/aromatic N) is 1. The molecule has 5 aromatic rings. The number of halogens is 1. The Balaban J connectivity index is 1.07. The van der Waals surface area contributed by atoms with E-state index in [9.17, 15) is 0 Å². The highest BCUT2D eigenvalue weighted by Gasteiger charge is 2.37. The lowest BCUT2D eigenvalue weighted by molar-refractivity contribution is 0.283. The van der Waals surface area contributed by atoms with Crippen molar-refractivity contribution < 1.29 is 9.47 Å². The molecule has 0 amide bonds. The lowest BCUT2D eigenvalue weighted by Crippen LogP contribution is -2.29. The standard InChI is InChI=1S/C38H33BrN2O2/c1-24-13-18-35-33(19-24)31-11-6-12-32(31)37(41-35)27-14-16-29(17-15-27)40-22-25-20-34(39)38(36(21-25)42-2)43-23-28-9-5-8-26-7-3-4-10-30(26)28/h3-11,13-22,31-32,37,41H,12,23H2,1-2H3/t31-,32-,37+/m1/s1. The van der Waals surface area contributed by atoms with Crippen molar-refractivity contribution in [3.8, 4) is 11.5 Å². The summed E-state index contributed by atoms with van der Waals surface area (Å²) in [6, 6.07) is 34.2. The van der Waals surface area contributed by atoms with E-state index in [1.807, 2.05) is 18.3 Å². The zero-order chi connectivity index (χ0) is 29.3. The van der Waals surface area contributed by atoms with Gasteiger partial charge >= 0.3 is 0 Å². The zero-order valence-electron chi connectivity index (χ0n) is 24.3. The third kappa shape index (κ3) is 5.46. The van der Waals surface area contributed by atoms with Crippen LogP contribution in [0.2, 0.25) is 0 Å². The molecule has 4 nitrogen and oxygen atoms in total. The van der Waals surface area contributed by atoms with Crippen molar-refractivity contribution in [1.82, 2.24) is 0 Å². The lowest BCUT2D eigenvalue weighted by Gasteiger charge is -2.37. The number of aryl methyl sites for hydroxylation is 1. The lowest BCUT2D eigenvalue weighted by atomic mass is 9.76. The molecular formula is C38H33BrN2O2. The van der Waals surface area contributed by atoms with Crippen molar-refractivity contribution in [3.63, 3.8) is 0 Å². The van der Waals surface area contributed by atoms with Gasteiger partial charge in [-0.1, -0.05) is 84.4 Å². The van der Waals surface area contributed by atoms with E-state index in [-0.39, 0.29) is 6.04 Å². The molecule has 214 valence electrons. The second-order valence-corrected chi connectivity index (χ2v) is 12.2. The second kappa shape index (κ2) is 11.7. The summed E-state index contributed by atoms with van der Waals surface area (Å²) >= 11 is 3.70. The number of ether oxygens (including phenoxy) is 2. The minimum Gasteiger partial charge on any atom is -0.493 e. The molecule has 5 aromatic carbocycles. The van der Waals surface area contributed by atoms with Crippen LogP contribution in [0, 0.1) is 12.8 Å². The SMILES string of the molecule is COc1cc(C=Nc2ccc([C@@H]3Nc4ccc(C)cc4[C@@H]4C=CC[C@H]43)cc2)cc(Br)c1OCc1cccc2ccccc12. The molecule has 1 aliphatic heterocycles. The van der Waals surface area contributed by atoms with E-state index in [1.165, 1.54) is 33.2 Å². The van der Waals surface area contributed by atoms with Crippen LogP contribution in [0.15, 0.2) is 119 Å². The van der Waals surface area contributed by atoms with Crippen molar-refractivity contribution in [3.05, 3.63) is 142 Å². The Kier molecular flexibility index (Phi) is 7.50. The van der Waals surface area contributed by atoms with Crippen LogP contribution in [0.4, 0.5) is 11.4 Å². The van der Waals surface area contributed by atoms with Crippen molar-refractivity contribution in [1.29, 1.82) is 0 Å². The van der Waals surface area contributed by atoms with Crippen LogP contribution in [-0.2, 0) is 6.61 Å². The maximum absolute atomic E-state index is 6.27. The van der Waals surface area contributed by atoms with Gasteiger partial charge in [0.1, 0.15) is 6.61 Å². The fourth-order valence-electron chi connectivity index (χ4n) is 6.48. The molecule has 0 fully saturated rings. The smallest absolute Gasteiger partial charge is 0.175 e. The summed E-state index contributed by atoms with van der Waals surface area (Å²) in [7, 11) is 1.66. The van der Waals surface area contributed by atoms with Gasteiger partial charge in [-0.15, -0.1) is 0 Å². The first kappa shape index (κ1) is 27.5. The Morgan fingerprint density at radius 1 is 0.953 bits per heavy atom. The summed E-state index contributed by atoms with van der Waals surface area (Å²) in [5.41, 5.74) is 8.23. The molecule has 1 N–H and O–H groups in total. The van der Waals surface area contributed by atoms with Gasteiger partial charge < -0.3 is 14.8 Å². The third-order valence-electron chi connectivity index (χ3n) is 8.64. The van der Waals surface area contributed by atoms with E-state index in [2.05, 4.69) is 125 Å². The molecule has 0 aromatic heterocycles. The molecule has 0 saturated heterocycles. The van der Waals surface area contributed by atoms with Gasteiger partial charge in [0, 0.05) is 17.8 Å². The summed E-state index contributed by atoms with van der Waals surface area (Å²) in [5.74, 6) is 2.32. The number of hydrogen-bond acceptors (Lipinski definition) is 4. The van der Waals surface area contributed by atoms with Crippen LogP contribution >= 0.6 is 15.9 Å². The van der Waals surface area contributed by atoms with Gasteiger partial charge in [-0.05, 0) is 98.6 Å². The molecular weight excluding hydrogens is 596 g/mol. The van der Waals surface area contributed by atoms with Crippen LogP contribution in [-0.4, -0.2) is 13.3 Å². The predicted octanol–water partition coefficient (Wildman–Crippen LogP) is 10.1. The van der Waals surface area contributed by atoms with Crippen LogP contribution in [0.25, 0.3) is 10.8 Å². The van der Waals surface area contributed by atoms with Gasteiger partial charge in [0.2, 0.25) is 0 Å². The number of hydrogen-bond donors (Lipinski definition) is 1. The number of aliphatic imine (C=N–C) groups is 1. The average Bonchev–Trinajstić information content (AvgIpc) is 3.54. The fourth-order valence-corrected chi connectivity index (χ4v) is 7.06. The van der Waals surface area contributed by atoms with Gasteiger partial charge in [-0.2, -0.15) is 0 Å². The Morgan fingerprint density at radius 2 is 1.79 bits per heavy atom. The Labute approximate surface area is 261 Å². The normalized spacial score (nSPS) is 18.8. The first-order valence-corrected chi connectivity index (χ1v) is 15.5. The number of allylic oxidation sites excluding steroid dienone is 2. The van der Waals surface area contributed by atoms with E-state index in [1.54, 1.807) is 7.11 Å². The molecule has 0 saturated carbocycles. The van der Waals surface area contributed by atoms with Crippen LogP contribution in [0.1, 0.15) is 46.2 Å². The predicted molar refractivity (Wildman–Crippen MR) is 180 cm³/mol. The molecule has 0 unspecified atom stereocenters. The highest BCUT2D eigenvalue weighted by Crippen LogP contribution is 2.50. The Bertz CT molecular complexity index is 1860. The van der Waals surface area contributed by atoms with E-state index < -0.39 is 0 Å². The number of anilines is 1. The number of rotatable bonds is 7. The average molecular weight is 630 g/mol. The quantitative estimate of drug-likeness (QED) is 0.144. The van der Waals surface area contributed by atoms with Gasteiger partial charge in [0.25, 0.3) is 0 Å². The molecule has 0 spiro atoms. The fraction of sp³-hybridized carbons (Fsp3) is 0.184. The molecule has 7 rings (SSSR count). The minimum atomic E-state index is 0.273. The largest absolute Gasteiger partial charge is 0.493 e. The first-order valence-electron chi connectivity index (χ1n) is 14.7. The van der Waals surface area contributed by atoms with Crippen molar-refractivity contribution in [2.75, 3.05) is 12.4 Å². The number of methoxy groups -OCH3 is 1. The van der Waals surface area contributed by atoms with Crippen molar-refractivity contribution in [2.45, 2.75) is 31.9 Å². The zero-order valence-corrected chi connectivity index (χ0v) is 25.8. The van der Waals surface area contributed by atoms with Gasteiger partial charge in [0.05, 0.1) is 23.3 Å².